The van der Waals surface area contributed by atoms with Crippen molar-refractivity contribution in [3.8, 4) is 5.75 Å². The fourth-order valence-corrected chi connectivity index (χ4v) is 1.93. The number of carbonyl (C=O) groups excluding carboxylic acids is 1. The molecule has 110 valence electrons. The molecule has 6 nitrogen and oxygen atoms in total. The number of aromatic nitrogens is 2. The summed E-state index contributed by atoms with van der Waals surface area (Å²) in [4.78, 5) is 35.9. The van der Waals surface area contributed by atoms with Gasteiger partial charge in [-0.1, -0.05) is 12.1 Å². The highest BCUT2D eigenvalue weighted by Crippen LogP contribution is 2.13. The number of methoxy groups -OCH3 is 1. The Balaban J connectivity index is 2.36. The van der Waals surface area contributed by atoms with Crippen molar-refractivity contribution in [2.24, 2.45) is 0 Å². The maximum absolute atomic E-state index is 12.2. The largest absolute Gasteiger partial charge is 0.497 e. The molecule has 0 radical (unpaired) electrons. The number of hydrogen-bond acceptors (Lipinski definition) is 4. The second kappa shape index (κ2) is 5.78. The molecule has 0 aliphatic carbocycles. The van der Waals surface area contributed by atoms with Crippen LogP contribution in [-0.2, 0) is 6.54 Å². The lowest BCUT2D eigenvalue weighted by Gasteiger charge is -2.08. The van der Waals surface area contributed by atoms with Gasteiger partial charge in [-0.25, -0.2) is 4.68 Å². The Kier molecular flexibility index (Phi) is 4.07. The quantitative estimate of drug-likeness (QED) is 0.852. The van der Waals surface area contributed by atoms with Crippen LogP contribution >= 0.6 is 0 Å². The van der Waals surface area contributed by atoms with Crippen LogP contribution in [0.3, 0.4) is 0 Å². The van der Waals surface area contributed by atoms with Crippen molar-refractivity contribution in [3.63, 3.8) is 0 Å². The third-order valence-electron chi connectivity index (χ3n) is 3.40. The van der Waals surface area contributed by atoms with E-state index in [0.29, 0.717) is 22.4 Å². The van der Waals surface area contributed by atoms with Gasteiger partial charge in [0.2, 0.25) is 0 Å². The Morgan fingerprint density at radius 3 is 2.62 bits per heavy atom. The molecular formula is C15H16N2O4. The van der Waals surface area contributed by atoms with Crippen molar-refractivity contribution >= 4 is 5.78 Å². The highest BCUT2D eigenvalue weighted by molar-refractivity contribution is 5.96. The Labute approximate surface area is 121 Å². The molecule has 2 aromatic rings. The van der Waals surface area contributed by atoms with Gasteiger partial charge in [0.15, 0.2) is 5.78 Å². The van der Waals surface area contributed by atoms with Gasteiger partial charge in [-0.15, -0.1) is 0 Å². The fourth-order valence-electron chi connectivity index (χ4n) is 1.93. The van der Waals surface area contributed by atoms with E-state index in [1.807, 2.05) is 0 Å². The first-order valence-electron chi connectivity index (χ1n) is 6.41. The Morgan fingerprint density at radius 1 is 1.24 bits per heavy atom. The summed E-state index contributed by atoms with van der Waals surface area (Å²) in [5, 5.41) is 2.41. The lowest BCUT2D eigenvalue weighted by atomic mass is 10.1. The number of Topliss-reactive ketones (excluding diaryl/α,β-unsaturated/α-hetero) is 1. The van der Waals surface area contributed by atoms with E-state index < -0.39 is 0 Å². The van der Waals surface area contributed by atoms with Gasteiger partial charge < -0.3 is 4.74 Å². The summed E-state index contributed by atoms with van der Waals surface area (Å²) in [5.41, 5.74) is 0.386. The van der Waals surface area contributed by atoms with Gasteiger partial charge in [-0.2, -0.15) is 0 Å². The van der Waals surface area contributed by atoms with Crippen LogP contribution in [0.1, 0.15) is 21.5 Å². The molecule has 0 saturated carbocycles. The molecule has 1 N–H and O–H groups in total. The highest BCUT2D eigenvalue weighted by atomic mass is 16.5. The SMILES string of the molecule is COc1cccc(C(=O)Cn2[nH]c(=O)c(C)c(C)c2=O)c1. The Bertz CT molecular complexity index is 802. The smallest absolute Gasteiger partial charge is 0.268 e. The van der Waals surface area contributed by atoms with Gasteiger partial charge in [0.1, 0.15) is 12.3 Å². The minimum Gasteiger partial charge on any atom is -0.497 e. The van der Waals surface area contributed by atoms with Crippen LogP contribution in [0.2, 0.25) is 0 Å². The molecule has 0 atom stereocenters. The maximum Gasteiger partial charge on any atom is 0.268 e. The van der Waals surface area contributed by atoms with E-state index in [1.165, 1.54) is 7.11 Å². The summed E-state index contributed by atoms with van der Waals surface area (Å²) in [6.45, 7) is 2.92. The zero-order valence-electron chi connectivity index (χ0n) is 12.1. The normalized spacial score (nSPS) is 10.4. The first kappa shape index (κ1) is 14.8. The summed E-state index contributed by atoms with van der Waals surface area (Å²) < 4.78 is 6.09. The Hall–Kier alpha value is -2.63. The lowest BCUT2D eigenvalue weighted by molar-refractivity contribution is 0.0965. The van der Waals surface area contributed by atoms with E-state index >= 15 is 0 Å². The fraction of sp³-hybridized carbons (Fsp3) is 0.267. The summed E-state index contributed by atoms with van der Waals surface area (Å²) in [6.07, 6.45) is 0. The van der Waals surface area contributed by atoms with Crippen molar-refractivity contribution in [3.05, 3.63) is 61.7 Å². The predicted octanol–water partition coefficient (Wildman–Crippen LogP) is 1.04. The zero-order chi connectivity index (χ0) is 15.6. The molecule has 0 aliphatic rings. The predicted molar refractivity (Wildman–Crippen MR) is 78.1 cm³/mol. The summed E-state index contributed by atoms with van der Waals surface area (Å²) in [5.74, 6) is 0.275. The molecule has 0 unspecified atom stereocenters. The lowest BCUT2D eigenvalue weighted by Crippen LogP contribution is -2.35. The van der Waals surface area contributed by atoms with E-state index in [9.17, 15) is 14.4 Å². The molecular weight excluding hydrogens is 272 g/mol. The molecule has 0 aliphatic heterocycles. The summed E-state index contributed by atoms with van der Waals surface area (Å²) in [6, 6.07) is 6.64. The van der Waals surface area contributed by atoms with Crippen LogP contribution in [0.5, 0.6) is 5.75 Å². The molecule has 0 amide bonds. The minimum atomic E-state index is -0.372. The number of ketones is 1. The molecule has 0 fully saturated rings. The van der Waals surface area contributed by atoms with Gasteiger partial charge in [-0.3, -0.25) is 19.5 Å². The van der Waals surface area contributed by atoms with Crippen LogP contribution in [0, 0.1) is 13.8 Å². The van der Waals surface area contributed by atoms with Gasteiger partial charge in [0.05, 0.1) is 7.11 Å². The number of H-pyrrole nitrogens is 1. The second-order valence-corrected chi connectivity index (χ2v) is 4.74. The van der Waals surface area contributed by atoms with Crippen LogP contribution in [-0.4, -0.2) is 22.7 Å². The number of benzene rings is 1. The number of aromatic amines is 1. The van der Waals surface area contributed by atoms with Crippen LogP contribution in [0.15, 0.2) is 33.9 Å². The second-order valence-electron chi connectivity index (χ2n) is 4.74. The molecule has 2 rings (SSSR count). The van der Waals surface area contributed by atoms with E-state index in [2.05, 4.69) is 5.10 Å². The molecule has 6 heteroatoms. The third-order valence-corrected chi connectivity index (χ3v) is 3.40. The molecule has 1 aromatic carbocycles. The van der Waals surface area contributed by atoms with E-state index in [0.717, 1.165) is 4.68 Å². The van der Waals surface area contributed by atoms with Crippen LogP contribution in [0.4, 0.5) is 0 Å². The van der Waals surface area contributed by atoms with Gasteiger partial charge >= 0.3 is 0 Å². The van der Waals surface area contributed by atoms with Gasteiger partial charge in [-0.05, 0) is 26.0 Å². The number of hydrogen-bond donors (Lipinski definition) is 1. The van der Waals surface area contributed by atoms with E-state index in [1.54, 1.807) is 38.1 Å². The van der Waals surface area contributed by atoms with E-state index in [4.69, 9.17) is 4.74 Å². The minimum absolute atomic E-state index is 0.220. The number of carbonyl (C=O) groups is 1. The average molecular weight is 288 g/mol. The van der Waals surface area contributed by atoms with Crippen molar-refractivity contribution in [1.82, 2.24) is 9.78 Å². The molecule has 1 heterocycles. The number of nitrogens with zero attached hydrogens (tertiary/aromatic N) is 1. The van der Waals surface area contributed by atoms with Gasteiger partial charge in [0, 0.05) is 16.7 Å². The summed E-state index contributed by atoms with van der Waals surface area (Å²) in [7, 11) is 1.51. The first-order chi connectivity index (χ1) is 9.93. The molecule has 21 heavy (non-hydrogen) atoms. The monoisotopic (exact) mass is 288 g/mol. The molecule has 1 aromatic heterocycles. The average Bonchev–Trinajstić information content (AvgIpc) is 2.50. The van der Waals surface area contributed by atoms with Crippen molar-refractivity contribution in [2.45, 2.75) is 20.4 Å². The first-order valence-corrected chi connectivity index (χ1v) is 6.41. The van der Waals surface area contributed by atoms with E-state index in [-0.39, 0.29) is 23.4 Å². The maximum atomic E-state index is 12.2. The van der Waals surface area contributed by atoms with Crippen LogP contribution < -0.4 is 15.9 Å². The molecule has 0 spiro atoms. The summed E-state index contributed by atoms with van der Waals surface area (Å²) >= 11 is 0. The molecule has 0 bridgehead atoms. The number of ether oxygens (including phenoxy) is 1. The van der Waals surface area contributed by atoms with Crippen molar-refractivity contribution in [2.75, 3.05) is 7.11 Å². The standard InChI is InChI=1S/C15H16N2O4/c1-9-10(2)15(20)17(16-14(9)19)8-13(18)11-5-4-6-12(7-11)21-3/h4-7H,8H2,1-3H3,(H,16,19). The Morgan fingerprint density at radius 2 is 1.95 bits per heavy atom. The van der Waals surface area contributed by atoms with Crippen molar-refractivity contribution < 1.29 is 9.53 Å². The van der Waals surface area contributed by atoms with Crippen LogP contribution in [0.25, 0.3) is 0 Å². The van der Waals surface area contributed by atoms with Crippen molar-refractivity contribution in [1.29, 1.82) is 0 Å². The highest BCUT2D eigenvalue weighted by Gasteiger charge is 2.12. The zero-order valence-corrected chi connectivity index (χ0v) is 12.1. The topological polar surface area (TPSA) is 81.2 Å². The third kappa shape index (κ3) is 2.94. The number of rotatable bonds is 4. The van der Waals surface area contributed by atoms with Gasteiger partial charge in [0.25, 0.3) is 11.1 Å². The molecule has 0 saturated heterocycles. The number of nitrogens with one attached hydrogen (secondary N) is 1.